The van der Waals surface area contributed by atoms with Gasteiger partial charge in [0.05, 0.1) is 12.0 Å². The summed E-state index contributed by atoms with van der Waals surface area (Å²) in [4.78, 5) is 33.0. The summed E-state index contributed by atoms with van der Waals surface area (Å²) in [6.07, 6.45) is 3.98. The quantitative estimate of drug-likeness (QED) is 0.621. The summed E-state index contributed by atoms with van der Waals surface area (Å²) < 4.78 is 30.3. The van der Waals surface area contributed by atoms with Gasteiger partial charge in [0.1, 0.15) is 5.69 Å². The fourth-order valence-corrected chi connectivity index (χ4v) is 4.89. The average Bonchev–Trinajstić information content (AvgIpc) is 3.02. The summed E-state index contributed by atoms with van der Waals surface area (Å²) in [6.45, 7) is 0. The van der Waals surface area contributed by atoms with Crippen LogP contribution in [0.25, 0.3) is 0 Å². The Morgan fingerprint density at radius 2 is 1.71 bits per heavy atom. The zero-order chi connectivity index (χ0) is 25.2. The lowest BCUT2D eigenvalue weighted by Crippen LogP contribution is -2.64. The van der Waals surface area contributed by atoms with Gasteiger partial charge in [0.2, 0.25) is 5.91 Å². The zero-order valence-corrected chi connectivity index (χ0v) is 19.6. The van der Waals surface area contributed by atoms with Crippen molar-refractivity contribution in [1.29, 1.82) is 0 Å². The first-order valence-electron chi connectivity index (χ1n) is 11.4. The summed E-state index contributed by atoms with van der Waals surface area (Å²) in [5.41, 5.74) is 6.33. The molecule has 35 heavy (non-hydrogen) atoms. The molecule has 1 spiro atoms. The number of nitrogens with zero attached hydrogens (tertiary/aromatic N) is 3. The Hall–Kier alpha value is -3.99. The van der Waals surface area contributed by atoms with E-state index in [1.165, 1.54) is 18.1 Å². The molecule has 2 aliphatic rings. The van der Waals surface area contributed by atoms with E-state index in [9.17, 15) is 9.59 Å². The van der Waals surface area contributed by atoms with Crippen molar-refractivity contribution in [2.75, 3.05) is 19.0 Å². The van der Waals surface area contributed by atoms with Crippen LogP contribution in [0.3, 0.4) is 0 Å². The van der Waals surface area contributed by atoms with Crippen LogP contribution in [-0.4, -0.2) is 42.2 Å². The van der Waals surface area contributed by atoms with Gasteiger partial charge >= 0.3 is 6.03 Å². The normalized spacial score (nSPS) is 23.0. The number of imide groups is 1. The van der Waals surface area contributed by atoms with Crippen LogP contribution in [0.5, 0.6) is 0 Å². The predicted octanol–water partition coefficient (Wildman–Crippen LogP) is 4.38. The molecule has 1 aliphatic heterocycles. The van der Waals surface area contributed by atoms with Crippen molar-refractivity contribution in [2.45, 2.75) is 37.6 Å². The van der Waals surface area contributed by atoms with E-state index >= 15 is 8.78 Å². The van der Waals surface area contributed by atoms with Gasteiger partial charge in [-0.2, -0.15) is 0 Å². The van der Waals surface area contributed by atoms with Crippen LogP contribution in [-0.2, 0) is 4.79 Å². The van der Waals surface area contributed by atoms with Gasteiger partial charge in [0, 0.05) is 42.7 Å². The highest BCUT2D eigenvalue weighted by Crippen LogP contribution is 2.42. The third kappa shape index (κ3) is 4.30. The van der Waals surface area contributed by atoms with Crippen molar-refractivity contribution in [1.82, 2.24) is 4.90 Å². The minimum Gasteiger partial charge on any atom is -0.404 e. The molecule has 6 nitrogen and oxygen atoms in total. The van der Waals surface area contributed by atoms with Crippen LogP contribution in [0.15, 0.2) is 59.2 Å². The highest BCUT2D eigenvalue weighted by Gasteiger charge is 2.52. The standard InChI is InChI=1S/C27H26F2N4O2/c1-31-23-10-6-7-13-27(20(23)17-30)16-24(34)33(26(35)32(27)2)25-21(28)14-19(15-22(25)29)12-11-18-8-4-3-5-9-18/h3-5,8-9,14-15,17H,6-7,10,13,16,30H2,1-2H3/t27-/m0/s1. The van der Waals surface area contributed by atoms with Crippen molar-refractivity contribution in [3.05, 3.63) is 77.0 Å². The van der Waals surface area contributed by atoms with Crippen LogP contribution in [0.2, 0.25) is 0 Å². The molecule has 3 amide bonds. The minimum atomic E-state index is -1.04. The molecular formula is C27H26F2N4O2. The smallest absolute Gasteiger partial charge is 0.332 e. The van der Waals surface area contributed by atoms with Crippen LogP contribution < -0.4 is 10.6 Å². The van der Waals surface area contributed by atoms with Crippen molar-refractivity contribution < 1.29 is 18.4 Å². The molecule has 0 bridgehead atoms. The molecule has 8 heteroatoms. The summed E-state index contributed by atoms with van der Waals surface area (Å²) in [6, 6.07) is 10.2. The van der Waals surface area contributed by atoms with E-state index in [2.05, 4.69) is 16.8 Å². The molecule has 1 saturated heterocycles. The molecule has 180 valence electrons. The van der Waals surface area contributed by atoms with Crippen LogP contribution in [0.4, 0.5) is 19.3 Å². The molecule has 0 radical (unpaired) electrons. The summed E-state index contributed by atoms with van der Waals surface area (Å²) >= 11 is 0. The summed E-state index contributed by atoms with van der Waals surface area (Å²) in [7, 11) is 3.17. The fourth-order valence-electron chi connectivity index (χ4n) is 4.89. The Balaban J connectivity index is 1.70. The Morgan fingerprint density at radius 1 is 1.06 bits per heavy atom. The molecule has 1 saturated carbocycles. The number of benzene rings is 2. The van der Waals surface area contributed by atoms with Gasteiger partial charge in [-0.15, -0.1) is 0 Å². The molecule has 1 aliphatic carbocycles. The van der Waals surface area contributed by atoms with Gasteiger partial charge in [0.15, 0.2) is 11.6 Å². The number of hydrogen-bond donors (Lipinski definition) is 1. The molecule has 2 fully saturated rings. The summed E-state index contributed by atoms with van der Waals surface area (Å²) in [5, 5.41) is 0. The number of halogens is 2. The number of amides is 3. The number of carbonyl (C=O) groups is 2. The fraction of sp³-hybridized carbons (Fsp3) is 0.296. The van der Waals surface area contributed by atoms with Gasteiger partial charge in [-0.05, 0) is 43.5 Å². The number of nitrogens with two attached hydrogens (primary N) is 1. The molecule has 2 aromatic carbocycles. The van der Waals surface area contributed by atoms with Crippen LogP contribution in [0.1, 0.15) is 43.2 Å². The Labute approximate surface area is 203 Å². The topological polar surface area (TPSA) is 79.0 Å². The highest BCUT2D eigenvalue weighted by molar-refractivity contribution is 6.18. The van der Waals surface area contributed by atoms with Gasteiger partial charge in [-0.1, -0.05) is 36.5 Å². The number of anilines is 1. The maximum atomic E-state index is 15.1. The highest BCUT2D eigenvalue weighted by atomic mass is 19.1. The van der Waals surface area contributed by atoms with Crippen molar-refractivity contribution >= 4 is 23.3 Å². The third-order valence-electron chi connectivity index (χ3n) is 6.68. The lowest BCUT2D eigenvalue weighted by molar-refractivity contribution is -0.121. The number of rotatable bonds is 1. The van der Waals surface area contributed by atoms with E-state index in [1.807, 2.05) is 6.07 Å². The second-order valence-corrected chi connectivity index (χ2v) is 8.64. The van der Waals surface area contributed by atoms with E-state index in [-0.39, 0.29) is 12.0 Å². The van der Waals surface area contributed by atoms with Crippen molar-refractivity contribution in [3.63, 3.8) is 0 Å². The number of carbonyl (C=O) groups excluding carboxylic acids is 2. The predicted molar refractivity (Wildman–Crippen MR) is 131 cm³/mol. The Bertz CT molecular complexity index is 1270. The van der Waals surface area contributed by atoms with Crippen LogP contribution >= 0.6 is 0 Å². The van der Waals surface area contributed by atoms with Crippen molar-refractivity contribution in [3.8, 4) is 11.8 Å². The monoisotopic (exact) mass is 476 g/mol. The van der Waals surface area contributed by atoms with Gasteiger partial charge in [-0.3, -0.25) is 9.79 Å². The first-order valence-corrected chi connectivity index (χ1v) is 11.4. The summed E-state index contributed by atoms with van der Waals surface area (Å²) in [5.74, 6) is 2.77. The van der Waals surface area contributed by atoms with E-state index in [0.29, 0.717) is 28.9 Å². The molecule has 2 N–H and O–H groups in total. The molecule has 0 aromatic heterocycles. The molecule has 2 aromatic rings. The third-order valence-corrected chi connectivity index (χ3v) is 6.68. The Morgan fingerprint density at radius 3 is 2.34 bits per heavy atom. The van der Waals surface area contributed by atoms with Gasteiger partial charge in [0.25, 0.3) is 0 Å². The van der Waals surface area contributed by atoms with Crippen molar-refractivity contribution in [2.24, 2.45) is 10.7 Å². The van der Waals surface area contributed by atoms with Gasteiger partial charge in [-0.25, -0.2) is 18.5 Å². The largest absolute Gasteiger partial charge is 0.404 e. The molecule has 0 unspecified atom stereocenters. The maximum Gasteiger partial charge on any atom is 0.332 e. The average molecular weight is 477 g/mol. The number of likely N-dealkylation sites (N-methyl/N-ethyl adjacent to an activating group) is 1. The second-order valence-electron chi connectivity index (χ2n) is 8.64. The number of urea groups is 1. The van der Waals surface area contributed by atoms with E-state index in [4.69, 9.17) is 5.73 Å². The molecule has 1 atom stereocenters. The lowest BCUT2D eigenvalue weighted by Gasteiger charge is -2.48. The second kappa shape index (κ2) is 9.71. The minimum absolute atomic E-state index is 0.0928. The number of hydrogen-bond acceptors (Lipinski definition) is 4. The van der Waals surface area contributed by atoms with Crippen LogP contribution in [0, 0.1) is 23.5 Å². The lowest BCUT2D eigenvalue weighted by atomic mass is 9.78. The first-order chi connectivity index (χ1) is 16.8. The van der Waals surface area contributed by atoms with E-state index < -0.39 is 34.8 Å². The molecule has 1 heterocycles. The zero-order valence-electron chi connectivity index (χ0n) is 19.6. The SMILES string of the molecule is CN=C1CCCC[C@]2(CC(=O)N(c3c(F)cc(C#Cc4ccccc4)cc3F)C(=O)N2C)C1=CN. The first kappa shape index (κ1) is 24.1. The Kier molecular flexibility index (Phi) is 6.70. The van der Waals surface area contributed by atoms with E-state index in [1.54, 1.807) is 31.3 Å². The number of aliphatic imine (C=N–C) groups is 1. The molecular weight excluding hydrogens is 450 g/mol. The molecule has 4 rings (SSSR count). The maximum absolute atomic E-state index is 15.1. The van der Waals surface area contributed by atoms with Gasteiger partial charge < -0.3 is 10.6 Å². The van der Waals surface area contributed by atoms with E-state index in [0.717, 1.165) is 30.7 Å².